The highest BCUT2D eigenvalue weighted by atomic mass is 16.5. The molecule has 0 radical (unpaired) electrons. The molecule has 1 heterocycles. The summed E-state index contributed by atoms with van der Waals surface area (Å²) in [5.74, 6) is 0.987. The molecule has 0 spiro atoms. The van der Waals surface area contributed by atoms with Crippen LogP contribution < -0.4 is 4.74 Å². The molecule has 1 fully saturated rings. The maximum Gasteiger partial charge on any atom is 0.253 e. The minimum Gasteiger partial charge on any atom is -0.497 e. The number of ether oxygens (including phenoxy) is 1. The zero-order valence-corrected chi connectivity index (χ0v) is 11.1. The molecule has 0 N–H and O–H groups in total. The molecule has 0 unspecified atom stereocenters. The normalized spacial score (nSPS) is 14.9. The van der Waals surface area contributed by atoms with Gasteiger partial charge in [0.2, 0.25) is 0 Å². The van der Waals surface area contributed by atoms with Gasteiger partial charge in [0.15, 0.2) is 0 Å². The first kappa shape index (κ1) is 12.0. The summed E-state index contributed by atoms with van der Waals surface area (Å²) in [6.45, 7) is 1.78. The van der Waals surface area contributed by atoms with Crippen LogP contribution in [0.1, 0.15) is 23.2 Å². The van der Waals surface area contributed by atoms with Gasteiger partial charge in [-0.1, -0.05) is 12.1 Å². The van der Waals surface area contributed by atoms with Crippen molar-refractivity contribution in [3.8, 4) is 5.75 Å². The quantitative estimate of drug-likeness (QED) is 0.825. The molecule has 19 heavy (non-hydrogen) atoms. The Kier molecular flexibility index (Phi) is 3.11. The predicted molar refractivity (Wildman–Crippen MR) is 75.6 cm³/mol. The molecule has 98 valence electrons. The van der Waals surface area contributed by atoms with Crippen LogP contribution in [0.3, 0.4) is 0 Å². The highest BCUT2D eigenvalue weighted by Gasteiger charge is 2.19. The van der Waals surface area contributed by atoms with Crippen LogP contribution in [0.15, 0.2) is 36.4 Å². The van der Waals surface area contributed by atoms with Crippen molar-refractivity contribution in [1.29, 1.82) is 0 Å². The van der Waals surface area contributed by atoms with E-state index in [2.05, 4.69) is 0 Å². The lowest BCUT2D eigenvalue weighted by molar-refractivity contribution is 0.0793. The summed E-state index contributed by atoms with van der Waals surface area (Å²) >= 11 is 0. The molecule has 3 nitrogen and oxygen atoms in total. The summed E-state index contributed by atoms with van der Waals surface area (Å²) in [5, 5.41) is 2.17. The van der Waals surface area contributed by atoms with Crippen molar-refractivity contribution in [3.05, 3.63) is 42.0 Å². The lowest BCUT2D eigenvalue weighted by Gasteiger charge is -2.15. The number of nitrogens with zero attached hydrogens (tertiary/aromatic N) is 1. The van der Waals surface area contributed by atoms with E-state index >= 15 is 0 Å². The molecule has 1 aliphatic heterocycles. The lowest BCUT2D eigenvalue weighted by Crippen LogP contribution is -2.27. The van der Waals surface area contributed by atoms with Crippen LogP contribution in [-0.4, -0.2) is 31.0 Å². The fourth-order valence-corrected chi connectivity index (χ4v) is 2.59. The molecule has 3 rings (SSSR count). The molecular formula is C16H17NO2. The standard InChI is InChI=1S/C16H17NO2/c1-19-15-7-6-12-10-14(5-4-13(12)11-15)16(18)17-8-2-3-9-17/h4-7,10-11H,2-3,8-9H2,1H3. The van der Waals surface area contributed by atoms with Gasteiger partial charge in [-0.25, -0.2) is 0 Å². The first-order valence-electron chi connectivity index (χ1n) is 6.65. The second kappa shape index (κ2) is 4.92. The van der Waals surface area contributed by atoms with Crippen LogP contribution in [-0.2, 0) is 0 Å². The third kappa shape index (κ3) is 2.28. The van der Waals surface area contributed by atoms with Gasteiger partial charge in [0.1, 0.15) is 5.75 Å². The van der Waals surface area contributed by atoms with E-state index in [1.165, 1.54) is 0 Å². The van der Waals surface area contributed by atoms with Crippen molar-refractivity contribution >= 4 is 16.7 Å². The minimum absolute atomic E-state index is 0.148. The Labute approximate surface area is 112 Å². The number of likely N-dealkylation sites (tertiary alicyclic amines) is 1. The lowest BCUT2D eigenvalue weighted by atomic mass is 10.1. The van der Waals surface area contributed by atoms with Crippen molar-refractivity contribution in [2.45, 2.75) is 12.8 Å². The Morgan fingerprint density at radius 3 is 2.47 bits per heavy atom. The minimum atomic E-state index is 0.148. The second-order valence-electron chi connectivity index (χ2n) is 4.93. The average molecular weight is 255 g/mol. The average Bonchev–Trinajstić information content (AvgIpc) is 2.99. The van der Waals surface area contributed by atoms with Crippen LogP contribution in [0, 0.1) is 0 Å². The van der Waals surface area contributed by atoms with Gasteiger partial charge in [-0.2, -0.15) is 0 Å². The van der Waals surface area contributed by atoms with E-state index in [1.807, 2.05) is 41.3 Å². The van der Waals surface area contributed by atoms with Crippen LogP contribution in [0.4, 0.5) is 0 Å². The number of carbonyl (C=O) groups is 1. The number of methoxy groups -OCH3 is 1. The Bertz CT molecular complexity index is 615. The molecule has 1 aliphatic rings. The van der Waals surface area contributed by atoms with Crippen LogP contribution >= 0.6 is 0 Å². The molecule has 3 heteroatoms. The van der Waals surface area contributed by atoms with E-state index in [1.54, 1.807) is 7.11 Å². The van der Waals surface area contributed by atoms with Crippen molar-refractivity contribution in [1.82, 2.24) is 4.90 Å². The van der Waals surface area contributed by atoms with E-state index < -0.39 is 0 Å². The van der Waals surface area contributed by atoms with Crippen LogP contribution in [0.2, 0.25) is 0 Å². The maximum absolute atomic E-state index is 12.3. The third-order valence-corrected chi connectivity index (χ3v) is 3.69. The number of carbonyl (C=O) groups excluding carboxylic acids is 1. The van der Waals surface area contributed by atoms with E-state index in [-0.39, 0.29) is 5.91 Å². The van der Waals surface area contributed by atoms with Gasteiger partial charge in [0.05, 0.1) is 7.11 Å². The fourth-order valence-electron chi connectivity index (χ4n) is 2.59. The van der Waals surface area contributed by atoms with Gasteiger partial charge in [0.25, 0.3) is 5.91 Å². The molecule has 0 bridgehead atoms. The van der Waals surface area contributed by atoms with Crippen molar-refractivity contribution in [2.75, 3.05) is 20.2 Å². The van der Waals surface area contributed by atoms with E-state index in [0.29, 0.717) is 0 Å². The van der Waals surface area contributed by atoms with Crippen LogP contribution in [0.25, 0.3) is 10.8 Å². The summed E-state index contributed by atoms with van der Waals surface area (Å²) in [5.41, 5.74) is 0.777. The molecule has 2 aromatic carbocycles. The highest BCUT2D eigenvalue weighted by molar-refractivity contribution is 5.98. The first-order valence-corrected chi connectivity index (χ1v) is 6.65. The van der Waals surface area contributed by atoms with Gasteiger partial charge in [0, 0.05) is 18.7 Å². The molecule has 0 saturated carbocycles. The van der Waals surface area contributed by atoms with Crippen LogP contribution in [0.5, 0.6) is 5.75 Å². The Hall–Kier alpha value is -2.03. The zero-order valence-electron chi connectivity index (χ0n) is 11.1. The van der Waals surface area contributed by atoms with Crippen molar-refractivity contribution in [3.63, 3.8) is 0 Å². The number of hydrogen-bond acceptors (Lipinski definition) is 2. The molecule has 0 aliphatic carbocycles. The first-order chi connectivity index (χ1) is 9.28. The Balaban J connectivity index is 1.95. The Morgan fingerprint density at radius 2 is 1.74 bits per heavy atom. The van der Waals surface area contributed by atoms with E-state index in [4.69, 9.17) is 4.74 Å². The molecule has 2 aromatic rings. The second-order valence-corrected chi connectivity index (χ2v) is 4.93. The summed E-state index contributed by atoms with van der Waals surface area (Å²) < 4.78 is 5.21. The number of amides is 1. The molecule has 0 atom stereocenters. The summed E-state index contributed by atoms with van der Waals surface area (Å²) in [6, 6.07) is 11.8. The highest BCUT2D eigenvalue weighted by Crippen LogP contribution is 2.23. The van der Waals surface area contributed by atoms with E-state index in [0.717, 1.165) is 48.0 Å². The fraction of sp³-hybridized carbons (Fsp3) is 0.312. The zero-order chi connectivity index (χ0) is 13.2. The monoisotopic (exact) mass is 255 g/mol. The molecule has 0 aromatic heterocycles. The Morgan fingerprint density at radius 1 is 1.05 bits per heavy atom. The molecule has 1 amide bonds. The van der Waals surface area contributed by atoms with Gasteiger partial charge >= 0.3 is 0 Å². The number of benzene rings is 2. The van der Waals surface area contributed by atoms with Gasteiger partial charge in [-0.15, -0.1) is 0 Å². The molecular weight excluding hydrogens is 238 g/mol. The van der Waals surface area contributed by atoms with Gasteiger partial charge < -0.3 is 9.64 Å². The SMILES string of the molecule is COc1ccc2cc(C(=O)N3CCCC3)ccc2c1. The largest absolute Gasteiger partial charge is 0.497 e. The van der Waals surface area contributed by atoms with Crippen molar-refractivity contribution in [2.24, 2.45) is 0 Å². The van der Waals surface area contributed by atoms with Crippen molar-refractivity contribution < 1.29 is 9.53 Å². The predicted octanol–water partition coefficient (Wildman–Crippen LogP) is 3.08. The smallest absolute Gasteiger partial charge is 0.253 e. The van der Waals surface area contributed by atoms with E-state index in [9.17, 15) is 4.79 Å². The summed E-state index contributed by atoms with van der Waals surface area (Å²) in [7, 11) is 1.66. The maximum atomic E-state index is 12.3. The third-order valence-electron chi connectivity index (χ3n) is 3.69. The molecule has 1 saturated heterocycles. The number of rotatable bonds is 2. The number of hydrogen-bond donors (Lipinski definition) is 0. The topological polar surface area (TPSA) is 29.5 Å². The van der Waals surface area contributed by atoms with Gasteiger partial charge in [-0.3, -0.25) is 4.79 Å². The summed E-state index contributed by atoms with van der Waals surface area (Å²) in [6.07, 6.45) is 2.24. The van der Waals surface area contributed by atoms with Gasteiger partial charge in [-0.05, 0) is 47.9 Å². The number of fused-ring (bicyclic) bond motifs is 1. The summed E-state index contributed by atoms with van der Waals surface area (Å²) in [4.78, 5) is 14.3.